The SMILES string of the molecule is CC(C)(C)OC(=O)NCCNc1ncc(C(O)(C(F)(F)F)C(F)(F)F)cn1. The Morgan fingerprint density at radius 1 is 1.04 bits per heavy atom. The van der Waals surface area contributed by atoms with Crippen molar-refractivity contribution in [3.63, 3.8) is 0 Å². The van der Waals surface area contributed by atoms with Crippen molar-refractivity contribution in [3.05, 3.63) is 18.0 Å². The van der Waals surface area contributed by atoms with Crippen molar-refractivity contribution >= 4 is 12.0 Å². The van der Waals surface area contributed by atoms with Crippen molar-refractivity contribution in [2.24, 2.45) is 0 Å². The molecule has 0 spiro atoms. The summed E-state index contributed by atoms with van der Waals surface area (Å²) in [6.45, 7) is 5.01. The van der Waals surface area contributed by atoms with E-state index in [0.717, 1.165) is 0 Å². The number of carbonyl (C=O) groups is 1. The molecule has 0 unspecified atom stereocenters. The van der Waals surface area contributed by atoms with Gasteiger partial charge in [0.1, 0.15) is 5.60 Å². The normalized spacial score (nSPS) is 13.3. The summed E-state index contributed by atoms with van der Waals surface area (Å²) in [5, 5.41) is 14.1. The predicted octanol–water partition coefficient (Wildman–Crippen LogP) is 2.73. The number of aliphatic hydroxyl groups is 1. The Hall–Kier alpha value is -2.31. The van der Waals surface area contributed by atoms with Crippen molar-refractivity contribution in [1.29, 1.82) is 0 Å². The number of nitrogens with zero attached hydrogens (tertiary/aromatic N) is 2. The highest BCUT2D eigenvalue weighted by Gasteiger charge is 2.71. The topological polar surface area (TPSA) is 96.4 Å². The van der Waals surface area contributed by atoms with Gasteiger partial charge in [-0.3, -0.25) is 0 Å². The van der Waals surface area contributed by atoms with Gasteiger partial charge in [0.05, 0.1) is 0 Å². The maximum atomic E-state index is 12.7. The van der Waals surface area contributed by atoms with Gasteiger partial charge in [-0.05, 0) is 20.8 Å². The first-order valence-electron chi connectivity index (χ1n) is 7.47. The van der Waals surface area contributed by atoms with Crippen LogP contribution in [0.5, 0.6) is 0 Å². The largest absolute Gasteiger partial charge is 0.444 e. The number of aromatic nitrogens is 2. The summed E-state index contributed by atoms with van der Waals surface area (Å²) >= 11 is 0. The average Bonchev–Trinajstić information content (AvgIpc) is 2.47. The summed E-state index contributed by atoms with van der Waals surface area (Å²) < 4.78 is 81.4. The molecular weight excluding hydrogens is 386 g/mol. The van der Waals surface area contributed by atoms with Gasteiger partial charge in [0.25, 0.3) is 5.60 Å². The highest BCUT2D eigenvalue weighted by atomic mass is 19.4. The van der Waals surface area contributed by atoms with Crippen LogP contribution in [0.15, 0.2) is 12.4 Å². The van der Waals surface area contributed by atoms with E-state index >= 15 is 0 Å². The molecule has 13 heteroatoms. The van der Waals surface area contributed by atoms with E-state index < -0.39 is 35.2 Å². The molecule has 1 aromatic heterocycles. The highest BCUT2D eigenvalue weighted by molar-refractivity contribution is 5.67. The van der Waals surface area contributed by atoms with E-state index in [-0.39, 0.29) is 31.4 Å². The van der Waals surface area contributed by atoms with Crippen LogP contribution < -0.4 is 10.6 Å². The first-order chi connectivity index (χ1) is 12.1. The van der Waals surface area contributed by atoms with Crippen LogP contribution >= 0.6 is 0 Å². The van der Waals surface area contributed by atoms with E-state index in [0.29, 0.717) is 0 Å². The number of anilines is 1. The molecule has 0 radical (unpaired) electrons. The molecule has 0 saturated carbocycles. The minimum Gasteiger partial charge on any atom is -0.444 e. The summed E-state index contributed by atoms with van der Waals surface area (Å²) in [6.07, 6.45) is -12.3. The molecule has 1 rings (SSSR count). The molecule has 0 aromatic carbocycles. The van der Waals surface area contributed by atoms with E-state index in [1.54, 1.807) is 20.8 Å². The van der Waals surface area contributed by atoms with E-state index in [1.165, 1.54) is 0 Å². The number of amides is 1. The number of nitrogens with one attached hydrogen (secondary N) is 2. The Morgan fingerprint density at radius 3 is 1.93 bits per heavy atom. The summed E-state index contributed by atoms with van der Waals surface area (Å²) in [6, 6.07) is 0. The second-order valence-electron chi connectivity index (χ2n) is 6.36. The standard InChI is InChI=1S/C14H18F6N4O3/c1-11(2,3)27-10(25)22-5-4-21-9-23-6-8(7-24-9)12(26,13(15,16)17)14(18,19)20/h6-7,26H,4-5H2,1-3H3,(H,22,25)(H,21,23,24). The van der Waals surface area contributed by atoms with Crippen LogP contribution in [-0.4, -0.2) is 52.2 Å². The van der Waals surface area contributed by atoms with Gasteiger partial charge >= 0.3 is 18.4 Å². The lowest BCUT2D eigenvalue weighted by Crippen LogP contribution is -2.54. The number of hydrogen-bond acceptors (Lipinski definition) is 6. The summed E-state index contributed by atoms with van der Waals surface area (Å²) in [7, 11) is 0. The third-order valence-corrected chi connectivity index (χ3v) is 2.97. The summed E-state index contributed by atoms with van der Waals surface area (Å²) in [5.74, 6) is -0.295. The molecule has 1 heterocycles. The molecular formula is C14H18F6N4O3. The number of hydrogen-bond donors (Lipinski definition) is 3. The Morgan fingerprint density at radius 2 is 1.52 bits per heavy atom. The van der Waals surface area contributed by atoms with Crippen LogP contribution in [0.25, 0.3) is 0 Å². The molecule has 1 amide bonds. The molecule has 7 nitrogen and oxygen atoms in total. The maximum absolute atomic E-state index is 12.7. The zero-order valence-electron chi connectivity index (χ0n) is 14.5. The lowest BCUT2D eigenvalue weighted by molar-refractivity contribution is -0.376. The number of alkyl carbamates (subject to hydrolysis) is 1. The number of halogens is 6. The van der Waals surface area contributed by atoms with Gasteiger partial charge in [0, 0.05) is 31.0 Å². The van der Waals surface area contributed by atoms with E-state index in [9.17, 15) is 36.2 Å². The molecule has 0 aliphatic rings. The minimum absolute atomic E-state index is 0.0153. The van der Waals surface area contributed by atoms with Crippen molar-refractivity contribution in [2.45, 2.75) is 44.3 Å². The third-order valence-electron chi connectivity index (χ3n) is 2.97. The minimum atomic E-state index is -6.01. The Labute approximate surface area is 150 Å². The van der Waals surface area contributed by atoms with Crippen molar-refractivity contribution in [1.82, 2.24) is 15.3 Å². The second kappa shape index (κ2) is 7.74. The van der Waals surface area contributed by atoms with E-state index in [1.807, 2.05) is 0 Å². The fourth-order valence-electron chi connectivity index (χ4n) is 1.75. The number of alkyl halides is 6. The van der Waals surface area contributed by atoms with Gasteiger partial charge in [-0.1, -0.05) is 0 Å². The smallest absolute Gasteiger partial charge is 0.430 e. The second-order valence-corrected chi connectivity index (χ2v) is 6.36. The molecule has 0 atom stereocenters. The highest BCUT2D eigenvalue weighted by Crippen LogP contribution is 2.49. The lowest BCUT2D eigenvalue weighted by Gasteiger charge is -2.32. The molecule has 154 valence electrons. The maximum Gasteiger partial charge on any atom is 0.430 e. The van der Waals surface area contributed by atoms with Crippen LogP contribution in [-0.2, 0) is 10.3 Å². The molecule has 27 heavy (non-hydrogen) atoms. The Bertz CT molecular complexity index is 626. The molecule has 0 bridgehead atoms. The van der Waals surface area contributed by atoms with Gasteiger partial charge in [0.2, 0.25) is 5.95 Å². The van der Waals surface area contributed by atoms with Crippen molar-refractivity contribution < 1.29 is 41.0 Å². The first-order valence-corrected chi connectivity index (χ1v) is 7.47. The molecule has 0 aliphatic heterocycles. The number of ether oxygens (including phenoxy) is 1. The fourth-order valence-corrected chi connectivity index (χ4v) is 1.75. The van der Waals surface area contributed by atoms with Gasteiger partial charge < -0.3 is 20.5 Å². The van der Waals surface area contributed by atoms with E-state index in [4.69, 9.17) is 4.74 Å². The van der Waals surface area contributed by atoms with Crippen LogP contribution in [0.3, 0.4) is 0 Å². The quantitative estimate of drug-likeness (QED) is 0.516. The average molecular weight is 404 g/mol. The fraction of sp³-hybridized carbons (Fsp3) is 0.643. The first kappa shape index (κ1) is 22.7. The van der Waals surface area contributed by atoms with Gasteiger partial charge in [0.15, 0.2) is 0 Å². The van der Waals surface area contributed by atoms with Gasteiger partial charge in [-0.15, -0.1) is 0 Å². The Kier molecular flexibility index (Phi) is 6.52. The zero-order chi connectivity index (χ0) is 21.1. The zero-order valence-corrected chi connectivity index (χ0v) is 14.5. The third kappa shape index (κ3) is 5.84. The monoisotopic (exact) mass is 404 g/mol. The summed E-state index contributed by atoms with van der Waals surface area (Å²) in [5.41, 5.74) is -7.36. The molecule has 0 fully saturated rings. The Balaban J connectivity index is 2.70. The van der Waals surface area contributed by atoms with Crippen LogP contribution in [0.2, 0.25) is 0 Å². The number of carbonyl (C=O) groups excluding carboxylic acids is 1. The van der Waals surface area contributed by atoms with E-state index in [2.05, 4.69) is 20.6 Å². The van der Waals surface area contributed by atoms with Crippen LogP contribution in [0.4, 0.5) is 37.1 Å². The van der Waals surface area contributed by atoms with Crippen molar-refractivity contribution in [2.75, 3.05) is 18.4 Å². The molecule has 0 saturated heterocycles. The van der Waals surface area contributed by atoms with Gasteiger partial charge in [-0.25, -0.2) is 14.8 Å². The van der Waals surface area contributed by atoms with Crippen LogP contribution in [0, 0.1) is 0 Å². The molecule has 3 N–H and O–H groups in total. The molecule has 0 aliphatic carbocycles. The lowest BCUT2D eigenvalue weighted by atomic mass is 9.95. The van der Waals surface area contributed by atoms with Crippen LogP contribution in [0.1, 0.15) is 26.3 Å². The predicted molar refractivity (Wildman–Crippen MR) is 80.8 cm³/mol. The van der Waals surface area contributed by atoms with Crippen molar-refractivity contribution in [3.8, 4) is 0 Å². The molecule has 1 aromatic rings. The number of rotatable bonds is 5. The summed E-state index contributed by atoms with van der Waals surface area (Å²) in [4.78, 5) is 18.0. The van der Waals surface area contributed by atoms with Gasteiger partial charge in [-0.2, -0.15) is 26.3 Å².